The van der Waals surface area contributed by atoms with Gasteiger partial charge in [0.1, 0.15) is 5.82 Å². The predicted octanol–water partition coefficient (Wildman–Crippen LogP) is 2.21. The highest BCUT2D eigenvalue weighted by Gasteiger charge is 2.40. The fraction of sp³-hybridized carbons (Fsp3) is 0.733. The van der Waals surface area contributed by atoms with Crippen LogP contribution in [0.5, 0.6) is 0 Å². The van der Waals surface area contributed by atoms with E-state index in [0.717, 1.165) is 36.8 Å². The standard InChI is InChI=1S/C15H24N4/c1-12-13(2)18-14(10-17-12)19-9-8-16-11-15(19)6-4-3-5-7-15/h10,16H,3-9,11H2,1-2H3. The van der Waals surface area contributed by atoms with Crippen LogP contribution in [0, 0.1) is 13.8 Å². The summed E-state index contributed by atoms with van der Waals surface area (Å²) in [5.74, 6) is 1.08. The Morgan fingerprint density at radius 1 is 1.16 bits per heavy atom. The van der Waals surface area contributed by atoms with Gasteiger partial charge in [-0.3, -0.25) is 4.98 Å². The zero-order valence-electron chi connectivity index (χ0n) is 12.1. The molecule has 1 saturated carbocycles. The minimum Gasteiger partial charge on any atom is -0.347 e. The van der Waals surface area contributed by atoms with Crippen molar-refractivity contribution in [2.45, 2.75) is 51.5 Å². The molecule has 19 heavy (non-hydrogen) atoms. The molecule has 0 atom stereocenters. The molecule has 104 valence electrons. The molecule has 1 N–H and O–H groups in total. The molecule has 0 aromatic carbocycles. The van der Waals surface area contributed by atoms with Gasteiger partial charge in [-0.05, 0) is 26.7 Å². The van der Waals surface area contributed by atoms with Gasteiger partial charge in [-0.1, -0.05) is 19.3 Å². The molecular weight excluding hydrogens is 236 g/mol. The zero-order valence-corrected chi connectivity index (χ0v) is 12.1. The quantitative estimate of drug-likeness (QED) is 0.840. The summed E-state index contributed by atoms with van der Waals surface area (Å²) in [4.78, 5) is 11.8. The highest BCUT2D eigenvalue weighted by molar-refractivity contribution is 5.43. The van der Waals surface area contributed by atoms with Crippen molar-refractivity contribution >= 4 is 5.82 Å². The van der Waals surface area contributed by atoms with E-state index in [1.807, 2.05) is 13.1 Å². The van der Waals surface area contributed by atoms with Crippen LogP contribution in [0.2, 0.25) is 0 Å². The maximum absolute atomic E-state index is 4.78. The molecule has 2 fully saturated rings. The molecule has 1 saturated heterocycles. The summed E-state index contributed by atoms with van der Waals surface area (Å²) >= 11 is 0. The van der Waals surface area contributed by atoms with Crippen molar-refractivity contribution in [3.8, 4) is 0 Å². The molecule has 0 unspecified atom stereocenters. The highest BCUT2D eigenvalue weighted by Crippen LogP contribution is 2.36. The monoisotopic (exact) mass is 260 g/mol. The summed E-state index contributed by atoms with van der Waals surface area (Å²) in [6, 6.07) is 0. The van der Waals surface area contributed by atoms with Crippen LogP contribution < -0.4 is 10.2 Å². The van der Waals surface area contributed by atoms with Gasteiger partial charge in [-0.15, -0.1) is 0 Å². The van der Waals surface area contributed by atoms with Crippen molar-refractivity contribution in [2.24, 2.45) is 0 Å². The minimum absolute atomic E-state index is 0.285. The Kier molecular flexibility index (Phi) is 3.44. The molecule has 4 heteroatoms. The lowest BCUT2D eigenvalue weighted by Crippen LogP contribution is -2.62. The van der Waals surface area contributed by atoms with Gasteiger partial charge < -0.3 is 10.2 Å². The lowest BCUT2D eigenvalue weighted by atomic mass is 9.79. The van der Waals surface area contributed by atoms with E-state index in [-0.39, 0.29) is 5.54 Å². The van der Waals surface area contributed by atoms with Gasteiger partial charge in [0.05, 0.1) is 23.1 Å². The number of hydrogen-bond donors (Lipinski definition) is 1. The smallest absolute Gasteiger partial charge is 0.147 e. The maximum atomic E-state index is 4.78. The molecule has 1 aromatic rings. The molecule has 0 radical (unpaired) electrons. The van der Waals surface area contributed by atoms with Gasteiger partial charge in [0.25, 0.3) is 0 Å². The number of aryl methyl sites for hydroxylation is 2. The summed E-state index contributed by atoms with van der Waals surface area (Å²) in [6.07, 6.45) is 8.61. The molecule has 1 aliphatic heterocycles. The Bertz CT molecular complexity index is 443. The Morgan fingerprint density at radius 2 is 1.95 bits per heavy atom. The van der Waals surface area contributed by atoms with E-state index >= 15 is 0 Å². The molecule has 3 rings (SSSR count). The topological polar surface area (TPSA) is 41.1 Å². The Hall–Kier alpha value is -1.16. The Labute approximate surface area is 115 Å². The third-order valence-electron chi connectivity index (χ3n) is 4.78. The molecule has 2 aliphatic rings. The van der Waals surface area contributed by atoms with Crippen molar-refractivity contribution in [2.75, 3.05) is 24.5 Å². The molecule has 1 aliphatic carbocycles. The SMILES string of the molecule is Cc1ncc(N2CCNCC23CCCCC3)nc1C. The number of aromatic nitrogens is 2. The number of hydrogen-bond acceptors (Lipinski definition) is 4. The van der Waals surface area contributed by atoms with Gasteiger partial charge in [0, 0.05) is 19.6 Å². The van der Waals surface area contributed by atoms with Crippen molar-refractivity contribution in [1.29, 1.82) is 0 Å². The van der Waals surface area contributed by atoms with E-state index in [4.69, 9.17) is 4.98 Å². The first-order valence-electron chi connectivity index (χ1n) is 7.50. The van der Waals surface area contributed by atoms with Crippen LogP contribution in [0.3, 0.4) is 0 Å². The Morgan fingerprint density at radius 3 is 2.68 bits per heavy atom. The van der Waals surface area contributed by atoms with Crippen molar-refractivity contribution in [1.82, 2.24) is 15.3 Å². The fourth-order valence-electron chi connectivity index (χ4n) is 3.52. The van der Waals surface area contributed by atoms with Crippen molar-refractivity contribution in [3.63, 3.8) is 0 Å². The maximum Gasteiger partial charge on any atom is 0.147 e. The van der Waals surface area contributed by atoms with E-state index in [9.17, 15) is 0 Å². The van der Waals surface area contributed by atoms with Crippen molar-refractivity contribution < 1.29 is 0 Å². The third-order valence-corrected chi connectivity index (χ3v) is 4.78. The Balaban J connectivity index is 1.93. The molecule has 2 heterocycles. The lowest BCUT2D eigenvalue weighted by Gasteiger charge is -2.50. The molecule has 4 nitrogen and oxygen atoms in total. The minimum atomic E-state index is 0.285. The first kappa shape index (κ1) is 12.9. The number of piperazine rings is 1. The summed E-state index contributed by atoms with van der Waals surface area (Å²) < 4.78 is 0. The molecular formula is C15H24N4. The first-order chi connectivity index (χ1) is 9.21. The molecule has 0 amide bonds. The average Bonchev–Trinajstić information content (AvgIpc) is 2.44. The van der Waals surface area contributed by atoms with E-state index in [0.29, 0.717) is 0 Å². The van der Waals surface area contributed by atoms with Crippen LogP contribution in [0.1, 0.15) is 43.5 Å². The third kappa shape index (κ3) is 2.34. The van der Waals surface area contributed by atoms with Gasteiger partial charge in [0.15, 0.2) is 0 Å². The second-order valence-electron chi connectivity index (χ2n) is 6.01. The number of rotatable bonds is 1. The van der Waals surface area contributed by atoms with Crippen LogP contribution in [0.15, 0.2) is 6.20 Å². The number of nitrogens with one attached hydrogen (secondary N) is 1. The van der Waals surface area contributed by atoms with E-state index in [1.165, 1.54) is 32.1 Å². The van der Waals surface area contributed by atoms with E-state index in [1.54, 1.807) is 0 Å². The van der Waals surface area contributed by atoms with E-state index in [2.05, 4.69) is 22.1 Å². The molecule has 0 bridgehead atoms. The van der Waals surface area contributed by atoms with E-state index < -0.39 is 0 Å². The first-order valence-corrected chi connectivity index (χ1v) is 7.50. The molecule has 1 spiro atoms. The van der Waals surface area contributed by atoms with Gasteiger partial charge >= 0.3 is 0 Å². The zero-order chi connectivity index (χ0) is 13.3. The average molecular weight is 260 g/mol. The summed E-state index contributed by atoms with van der Waals surface area (Å²) in [5, 5.41) is 3.58. The number of anilines is 1. The second kappa shape index (κ2) is 5.08. The van der Waals surface area contributed by atoms with Crippen LogP contribution in [-0.4, -0.2) is 35.1 Å². The van der Waals surface area contributed by atoms with Crippen LogP contribution >= 0.6 is 0 Å². The number of nitrogens with zero attached hydrogens (tertiary/aromatic N) is 3. The van der Waals surface area contributed by atoms with Crippen LogP contribution in [-0.2, 0) is 0 Å². The van der Waals surface area contributed by atoms with Crippen molar-refractivity contribution in [3.05, 3.63) is 17.6 Å². The van der Waals surface area contributed by atoms with Crippen LogP contribution in [0.25, 0.3) is 0 Å². The lowest BCUT2D eigenvalue weighted by molar-refractivity contribution is 0.239. The largest absolute Gasteiger partial charge is 0.347 e. The fourth-order valence-corrected chi connectivity index (χ4v) is 3.52. The van der Waals surface area contributed by atoms with Gasteiger partial charge in [-0.2, -0.15) is 0 Å². The second-order valence-corrected chi connectivity index (χ2v) is 6.01. The van der Waals surface area contributed by atoms with Gasteiger partial charge in [-0.25, -0.2) is 4.98 Å². The van der Waals surface area contributed by atoms with Gasteiger partial charge in [0.2, 0.25) is 0 Å². The summed E-state index contributed by atoms with van der Waals surface area (Å²) in [7, 11) is 0. The highest BCUT2D eigenvalue weighted by atomic mass is 15.3. The predicted molar refractivity (Wildman–Crippen MR) is 77.5 cm³/mol. The summed E-state index contributed by atoms with van der Waals surface area (Å²) in [6.45, 7) is 7.29. The van der Waals surface area contributed by atoms with Crippen LogP contribution in [0.4, 0.5) is 5.82 Å². The summed E-state index contributed by atoms with van der Waals surface area (Å²) in [5.41, 5.74) is 2.38. The molecule has 1 aromatic heterocycles. The normalized spacial score (nSPS) is 22.7.